The van der Waals surface area contributed by atoms with E-state index >= 15 is 0 Å². The largest absolute Gasteiger partial charge is 0.183 e. The van der Waals surface area contributed by atoms with Gasteiger partial charge in [0.2, 0.25) is 0 Å². The zero-order valence-electron chi connectivity index (χ0n) is 6.37. The molecule has 0 fully saturated rings. The van der Waals surface area contributed by atoms with Crippen LogP contribution >= 0.6 is 49.9 Å². The van der Waals surface area contributed by atoms with E-state index in [9.17, 15) is 0 Å². The third kappa shape index (κ3) is 2.26. The molecule has 5 heteroatoms. The van der Waals surface area contributed by atoms with E-state index in [0.717, 1.165) is 14.5 Å². The molecule has 0 aliphatic heterocycles. The molecule has 0 saturated carbocycles. The smallest absolute Gasteiger partial charge is 0.137 e. The second kappa shape index (κ2) is 4.02. The quantitative estimate of drug-likeness (QED) is 0.721. The Morgan fingerprint density at radius 3 is 2.38 bits per heavy atom. The topological polar surface area (TPSA) is 25.8 Å². The van der Waals surface area contributed by atoms with Gasteiger partial charge in [-0.3, -0.25) is 0 Å². The summed E-state index contributed by atoms with van der Waals surface area (Å²) in [5.74, 6) is 0. The predicted molar refractivity (Wildman–Crippen MR) is 65.8 cm³/mol. The molecule has 2 aromatic rings. The lowest BCUT2D eigenvalue weighted by atomic mass is 10.2. The maximum absolute atomic E-state index is 4.03. The second-order valence-corrected chi connectivity index (χ2v) is 5.87. The van der Waals surface area contributed by atoms with Crippen LogP contribution in [0, 0.1) is 3.57 Å². The molecule has 0 saturated heterocycles. The van der Waals surface area contributed by atoms with Crippen LogP contribution in [-0.2, 0) is 0 Å². The molecule has 2 rings (SSSR count). The average Bonchev–Trinajstić information content (AvgIpc) is 2.53. The molecule has 0 radical (unpaired) electrons. The lowest BCUT2D eigenvalue weighted by Gasteiger charge is -1.93. The van der Waals surface area contributed by atoms with Crippen LogP contribution in [0.3, 0.4) is 0 Å². The number of halogens is 2. The predicted octanol–water partition coefficient (Wildman–Crippen LogP) is 3.57. The Kier molecular flexibility index (Phi) is 2.95. The van der Waals surface area contributed by atoms with E-state index in [4.69, 9.17) is 0 Å². The Labute approximate surface area is 102 Å². The van der Waals surface area contributed by atoms with Gasteiger partial charge in [-0.1, -0.05) is 23.5 Å². The van der Waals surface area contributed by atoms with Crippen LogP contribution in [0.1, 0.15) is 0 Å². The van der Waals surface area contributed by atoms with Gasteiger partial charge in [-0.2, -0.15) is 0 Å². The first-order valence-electron chi connectivity index (χ1n) is 3.50. The lowest BCUT2D eigenvalue weighted by molar-refractivity contribution is 1.08. The summed E-state index contributed by atoms with van der Waals surface area (Å²) in [6.07, 6.45) is 0. The second-order valence-electron chi connectivity index (χ2n) is 2.37. The number of nitrogens with zero attached hydrogens (tertiary/aromatic N) is 2. The van der Waals surface area contributed by atoms with Crippen molar-refractivity contribution in [3.8, 4) is 10.6 Å². The Balaban J connectivity index is 2.41. The Hall–Kier alpha value is -0.0100. The fourth-order valence-corrected chi connectivity index (χ4v) is 2.39. The monoisotopic (exact) mass is 366 g/mol. The minimum atomic E-state index is 0.820. The maximum atomic E-state index is 4.03. The van der Waals surface area contributed by atoms with Gasteiger partial charge in [-0.05, 0) is 50.7 Å². The summed E-state index contributed by atoms with van der Waals surface area (Å²) >= 11 is 7.11. The molecule has 1 heterocycles. The van der Waals surface area contributed by atoms with Crippen molar-refractivity contribution in [2.24, 2.45) is 0 Å². The van der Waals surface area contributed by atoms with Crippen LogP contribution in [0.2, 0.25) is 0 Å². The number of rotatable bonds is 1. The van der Waals surface area contributed by atoms with E-state index in [1.165, 1.54) is 14.9 Å². The molecule has 0 N–H and O–H groups in total. The Bertz CT molecular complexity index is 412. The molecule has 0 amide bonds. The first-order valence-corrected chi connectivity index (χ1v) is 6.19. The van der Waals surface area contributed by atoms with Crippen molar-refractivity contribution >= 4 is 49.9 Å². The molecule has 0 aliphatic rings. The molecule has 13 heavy (non-hydrogen) atoms. The highest BCUT2D eigenvalue weighted by Crippen LogP contribution is 2.26. The first kappa shape index (κ1) is 9.54. The van der Waals surface area contributed by atoms with Gasteiger partial charge in [-0.15, -0.1) is 10.2 Å². The van der Waals surface area contributed by atoms with Crippen LogP contribution in [0.25, 0.3) is 10.6 Å². The molecule has 0 aliphatic carbocycles. The third-order valence-corrected chi connectivity index (χ3v) is 3.62. The van der Waals surface area contributed by atoms with Gasteiger partial charge in [0, 0.05) is 9.13 Å². The number of aromatic nitrogens is 2. The highest BCUT2D eigenvalue weighted by atomic mass is 127. The lowest BCUT2D eigenvalue weighted by Crippen LogP contribution is -1.76. The van der Waals surface area contributed by atoms with E-state index in [1.807, 2.05) is 0 Å². The number of benzene rings is 1. The van der Waals surface area contributed by atoms with Crippen molar-refractivity contribution in [1.82, 2.24) is 10.2 Å². The van der Waals surface area contributed by atoms with Crippen molar-refractivity contribution in [3.63, 3.8) is 0 Å². The summed E-state index contributed by atoms with van der Waals surface area (Å²) in [4.78, 5) is 0. The van der Waals surface area contributed by atoms with Gasteiger partial charge < -0.3 is 0 Å². The molecule has 1 aromatic heterocycles. The molecule has 66 valence electrons. The van der Waals surface area contributed by atoms with E-state index in [-0.39, 0.29) is 0 Å². The standard InChI is InChI=1S/C8H4BrIN2S/c9-8-12-11-7(13-8)5-1-3-6(10)4-2-5/h1-4H. The van der Waals surface area contributed by atoms with Gasteiger partial charge in [0.25, 0.3) is 0 Å². The van der Waals surface area contributed by atoms with Crippen LogP contribution in [-0.4, -0.2) is 10.2 Å². The van der Waals surface area contributed by atoms with Gasteiger partial charge in [0.05, 0.1) is 0 Å². The van der Waals surface area contributed by atoms with E-state index in [0.29, 0.717) is 0 Å². The molecule has 0 unspecified atom stereocenters. The van der Waals surface area contributed by atoms with Gasteiger partial charge in [0.15, 0.2) is 3.92 Å². The van der Waals surface area contributed by atoms with E-state index in [2.05, 4.69) is 73.0 Å². The van der Waals surface area contributed by atoms with Crippen LogP contribution in [0.4, 0.5) is 0 Å². The summed E-state index contributed by atoms with van der Waals surface area (Å²) < 4.78 is 2.05. The van der Waals surface area contributed by atoms with Gasteiger partial charge in [-0.25, -0.2) is 0 Å². The van der Waals surface area contributed by atoms with Crippen molar-refractivity contribution in [2.75, 3.05) is 0 Å². The molecule has 1 aromatic carbocycles. The highest BCUT2D eigenvalue weighted by molar-refractivity contribution is 14.1. The number of hydrogen-bond acceptors (Lipinski definition) is 3. The molecule has 0 atom stereocenters. The van der Waals surface area contributed by atoms with Crippen molar-refractivity contribution in [2.45, 2.75) is 0 Å². The normalized spacial score (nSPS) is 10.3. The molecule has 2 nitrogen and oxygen atoms in total. The summed E-state index contributed by atoms with van der Waals surface area (Å²) in [5, 5.41) is 8.88. The van der Waals surface area contributed by atoms with Crippen LogP contribution in [0.5, 0.6) is 0 Å². The van der Waals surface area contributed by atoms with Gasteiger partial charge in [0.1, 0.15) is 5.01 Å². The average molecular weight is 367 g/mol. The zero-order valence-corrected chi connectivity index (χ0v) is 10.9. The van der Waals surface area contributed by atoms with Crippen molar-refractivity contribution < 1.29 is 0 Å². The van der Waals surface area contributed by atoms with E-state index in [1.54, 1.807) is 0 Å². The van der Waals surface area contributed by atoms with Crippen LogP contribution < -0.4 is 0 Å². The maximum Gasteiger partial charge on any atom is 0.183 e. The molecular formula is C8H4BrIN2S. The highest BCUT2D eigenvalue weighted by Gasteiger charge is 2.03. The van der Waals surface area contributed by atoms with Crippen molar-refractivity contribution in [1.29, 1.82) is 0 Å². The van der Waals surface area contributed by atoms with Gasteiger partial charge >= 0.3 is 0 Å². The number of hydrogen-bond donors (Lipinski definition) is 0. The summed E-state index contributed by atoms with van der Waals surface area (Å²) in [5.41, 5.74) is 1.11. The minimum absolute atomic E-state index is 0.820. The first-order chi connectivity index (χ1) is 6.25. The van der Waals surface area contributed by atoms with Crippen LogP contribution in [0.15, 0.2) is 28.2 Å². The Morgan fingerprint density at radius 2 is 1.85 bits per heavy atom. The van der Waals surface area contributed by atoms with Crippen molar-refractivity contribution in [3.05, 3.63) is 31.8 Å². The molecule has 0 bridgehead atoms. The zero-order chi connectivity index (χ0) is 9.26. The Morgan fingerprint density at radius 1 is 1.15 bits per heavy atom. The third-order valence-electron chi connectivity index (χ3n) is 1.49. The fraction of sp³-hybridized carbons (Fsp3) is 0. The minimum Gasteiger partial charge on any atom is -0.137 e. The fourth-order valence-electron chi connectivity index (χ4n) is 0.914. The summed E-state index contributed by atoms with van der Waals surface area (Å²) in [6, 6.07) is 8.22. The SMILES string of the molecule is Brc1nnc(-c2ccc(I)cc2)s1. The molecule has 0 spiro atoms. The summed E-state index contributed by atoms with van der Waals surface area (Å²) in [6.45, 7) is 0. The molecular weight excluding hydrogens is 363 g/mol. The summed E-state index contributed by atoms with van der Waals surface area (Å²) in [7, 11) is 0. The van der Waals surface area contributed by atoms with E-state index < -0.39 is 0 Å².